The smallest absolute Gasteiger partial charge is 0.278 e. The lowest BCUT2D eigenvalue weighted by Gasteiger charge is -2.13. The Kier molecular flexibility index (Phi) is 13.7. The minimum absolute atomic E-state index is 0.144. The van der Waals surface area contributed by atoms with Gasteiger partial charge in [0.15, 0.2) is 0 Å². The molecule has 0 fully saturated rings. The number of primary amides is 2. The fourth-order valence-corrected chi connectivity index (χ4v) is 1.38. The number of hydrogen-bond acceptors (Lipinski definition) is 3. The fourth-order valence-electron chi connectivity index (χ4n) is 1.10. The van der Waals surface area contributed by atoms with Gasteiger partial charge in [-0.25, -0.2) is 0 Å². The van der Waals surface area contributed by atoms with Crippen LogP contribution in [-0.2, 0) is 0 Å². The summed E-state index contributed by atoms with van der Waals surface area (Å²) in [7, 11) is 0. The molecule has 0 saturated heterocycles. The van der Waals surface area contributed by atoms with Crippen molar-refractivity contribution in [3.63, 3.8) is 0 Å². The van der Waals surface area contributed by atoms with Crippen LogP contribution in [0, 0.1) is 0 Å². The zero-order chi connectivity index (χ0) is 16.8. The summed E-state index contributed by atoms with van der Waals surface area (Å²) in [6, 6.07) is 8.76. The van der Waals surface area contributed by atoms with Crippen molar-refractivity contribution in [1.82, 2.24) is 4.90 Å². The highest BCUT2D eigenvalue weighted by molar-refractivity contribution is 7.96. The molecule has 1 aromatic carbocycles. The SMILES string of the molecule is CCN(CC)C(=O)S.NC(=O)S.NC(=O)c1ccccc1. The van der Waals surface area contributed by atoms with Crippen LogP contribution >= 0.6 is 25.3 Å². The van der Waals surface area contributed by atoms with Gasteiger partial charge in [0.25, 0.3) is 10.5 Å². The van der Waals surface area contributed by atoms with Crippen LogP contribution in [0.4, 0.5) is 9.59 Å². The number of thiol groups is 2. The summed E-state index contributed by atoms with van der Waals surface area (Å²) in [5, 5.41) is -0.782. The molecule has 0 unspecified atom stereocenters. The molecule has 0 aliphatic rings. The van der Waals surface area contributed by atoms with Gasteiger partial charge in [-0.15, -0.1) is 0 Å². The molecule has 0 aromatic heterocycles. The first-order valence-corrected chi connectivity index (χ1v) is 6.96. The van der Waals surface area contributed by atoms with Gasteiger partial charge >= 0.3 is 0 Å². The Hall–Kier alpha value is -1.67. The van der Waals surface area contributed by atoms with E-state index in [0.29, 0.717) is 5.56 Å². The van der Waals surface area contributed by atoms with Crippen LogP contribution < -0.4 is 11.5 Å². The Morgan fingerprint density at radius 1 is 1.00 bits per heavy atom. The zero-order valence-electron chi connectivity index (χ0n) is 12.0. The minimum Gasteiger partial charge on any atom is -0.366 e. The normalized spacial score (nSPS) is 8.38. The Labute approximate surface area is 135 Å². The van der Waals surface area contributed by atoms with E-state index in [1.165, 1.54) is 0 Å². The topological polar surface area (TPSA) is 106 Å². The van der Waals surface area contributed by atoms with Crippen LogP contribution in [0.5, 0.6) is 0 Å². The van der Waals surface area contributed by atoms with Gasteiger partial charge < -0.3 is 16.4 Å². The summed E-state index contributed by atoms with van der Waals surface area (Å²) in [5.41, 5.74) is 9.86. The van der Waals surface area contributed by atoms with Crippen molar-refractivity contribution in [3.05, 3.63) is 35.9 Å². The predicted octanol–water partition coefficient (Wildman–Crippen LogP) is 2.16. The lowest BCUT2D eigenvalue weighted by atomic mass is 10.2. The van der Waals surface area contributed by atoms with Crippen LogP contribution in [0.15, 0.2) is 30.3 Å². The Morgan fingerprint density at radius 3 is 1.52 bits per heavy atom. The Balaban J connectivity index is 0. The van der Waals surface area contributed by atoms with Crippen molar-refractivity contribution in [2.75, 3.05) is 13.1 Å². The first-order chi connectivity index (χ1) is 9.76. The van der Waals surface area contributed by atoms with Gasteiger partial charge in [0.1, 0.15) is 0 Å². The largest absolute Gasteiger partial charge is 0.366 e. The molecule has 8 heteroatoms. The Bertz CT molecular complexity index is 434. The first-order valence-electron chi connectivity index (χ1n) is 6.07. The summed E-state index contributed by atoms with van der Waals surface area (Å²) in [4.78, 5) is 31.5. The van der Waals surface area contributed by atoms with Crippen molar-refractivity contribution in [1.29, 1.82) is 0 Å². The summed E-state index contributed by atoms with van der Waals surface area (Å²) >= 11 is 6.75. The van der Waals surface area contributed by atoms with Crippen molar-refractivity contribution < 1.29 is 14.4 Å². The van der Waals surface area contributed by atoms with E-state index < -0.39 is 5.24 Å². The quantitative estimate of drug-likeness (QED) is 0.638. The first kappa shape index (κ1) is 21.6. The second-order valence-electron chi connectivity index (χ2n) is 3.52. The highest BCUT2D eigenvalue weighted by Gasteiger charge is 2.00. The number of carbonyl (C=O) groups excluding carboxylic acids is 3. The van der Waals surface area contributed by atoms with Crippen LogP contribution in [-0.4, -0.2) is 34.4 Å². The molecule has 3 amide bonds. The van der Waals surface area contributed by atoms with Crippen molar-refractivity contribution in [2.24, 2.45) is 11.5 Å². The third kappa shape index (κ3) is 14.5. The third-order valence-corrected chi connectivity index (χ3v) is 2.38. The molecule has 0 aliphatic carbocycles. The van der Waals surface area contributed by atoms with E-state index >= 15 is 0 Å². The van der Waals surface area contributed by atoms with Crippen LogP contribution in [0.1, 0.15) is 24.2 Å². The number of benzene rings is 1. The molecule has 0 heterocycles. The van der Waals surface area contributed by atoms with Gasteiger partial charge in [-0.3, -0.25) is 14.4 Å². The third-order valence-electron chi connectivity index (χ3n) is 2.09. The molecule has 6 nitrogen and oxygen atoms in total. The average molecular weight is 331 g/mol. The number of nitrogens with two attached hydrogens (primary N) is 2. The zero-order valence-corrected chi connectivity index (χ0v) is 13.8. The van der Waals surface area contributed by atoms with Gasteiger partial charge in [-0.05, 0) is 26.0 Å². The molecule has 0 radical (unpaired) electrons. The van der Waals surface area contributed by atoms with E-state index in [9.17, 15) is 9.59 Å². The standard InChI is InChI=1S/C7H7NO.C5H11NOS.CH3NOS/c8-7(9)6-4-2-1-3-5-6;1-3-6(4-2)5(7)8;2-1(3)4/h1-5H,(H2,8,9);3-4H2,1-2H3,(H,7,8);(H3,2,3,4). The monoisotopic (exact) mass is 331 g/mol. The number of amides is 3. The molecule has 0 atom stereocenters. The van der Waals surface area contributed by atoms with Crippen LogP contribution in [0.2, 0.25) is 0 Å². The maximum absolute atomic E-state index is 10.4. The van der Waals surface area contributed by atoms with E-state index in [-0.39, 0.29) is 11.1 Å². The predicted molar refractivity (Wildman–Crippen MR) is 90.8 cm³/mol. The maximum atomic E-state index is 10.4. The molecular weight excluding hydrogens is 310 g/mol. The van der Waals surface area contributed by atoms with Crippen LogP contribution in [0.25, 0.3) is 0 Å². The molecular formula is C13H21N3O3S2. The van der Waals surface area contributed by atoms with E-state index in [2.05, 4.69) is 31.0 Å². The second kappa shape index (κ2) is 13.3. The molecule has 0 aliphatic heterocycles. The number of rotatable bonds is 3. The number of carbonyl (C=O) groups is 3. The number of hydrogen-bond donors (Lipinski definition) is 4. The molecule has 0 spiro atoms. The second-order valence-corrected chi connectivity index (χ2v) is 4.35. The van der Waals surface area contributed by atoms with Crippen molar-refractivity contribution in [3.8, 4) is 0 Å². The molecule has 0 bridgehead atoms. The number of nitrogens with zero attached hydrogens (tertiary/aromatic N) is 1. The summed E-state index contributed by atoms with van der Waals surface area (Å²) < 4.78 is 0. The van der Waals surface area contributed by atoms with Crippen molar-refractivity contribution >= 4 is 41.6 Å². The maximum Gasteiger partial charge on any atom is 0.278 e. The van der Waals surface area contributed by atoms with E-state index in [0.717, 1.165) is 13.1 Å². The lowest BCUT2D eigenvalue weighted by Crippen LogP contribution is -2.24. The molecule has 21 heavy (non-hydrogen) atoms. The Morgan fingerprint density at radius 2 is 1.38 bits per heavy atom. The van der Waals surface area contributed by atoms with Crippen LogP contribution in [0.3, 0.4) is 0 Å². The fraction of sp³-hybridized carbons (Fsp3) is 0.308. The summed E-state index contributed by atoms with van der Waals surface area (Å²) in [6.45, 7) is 5.35. The van der Waals surface area contributed by atoms with E-state index in [1.807, 2.05) is 19.9 Å². The van der Waals surface area contributed by atoms with Gasteiger partial charge in [-0.2, -0.15) is 0 Å². The molecule has 1 rings (SSSR count). The summed E-state index contributed by atoms with van der Waals surface area (Å²) in [5.74, 6) is -0.379. The average Bonchev–Trinajstić information content (AvgIpc) is 2.41. The highest BCUT2D eigenvalue weighted by atomic mass is 32.1. The van der Waals surface area contributed by atoms with E-state index in [4.69, 9.17) is 10.5 Å². The molecule has 4 N–H and O–H groups in total. The molecule has 0 saturated carbocycles. The molecule has 118 valence electrons. The lowest BCUT2D eigenvalue weighted by molar-refractivity contribution is 0.1000. The van der Waals surface area contributed by atoms with Gasteiger partial charge in [0.05, 0.1) is 0 Å². The minimum atomic E-state index is -0.639. The van der Waals surface area contributed by atoms with E-state index in [1.54, 1.807) is 29.2 Å². The van der Waals surface area contributed by atoms with Gasteiger partial charge in [0, 0.05) is 18.7 Å². The highest BCUT2D eigenvalue weighted by Crippen LogP contribution is 1.94. The molecule has 1 aromatic rings. The van der Waals surface area contributed by atoms with Crippen molar-refractivity contribution in [2.45, 2.75) is 13.8 Å². The van der Waals surface area contributed by atoms with Gasteiger partial charge in [-0.1, -0.05) is 43.5 Å². The van der Waals surface area contributed by atoms with Gasteiger partial charge in [0.2, 0.25) is 5.91 Å². The summed E-state index contributed by atoms with van der Waals surface area (Å²) in [6.07, 6.45) is 0.